The molecule has 1 aromatic carbocycles. The summed E-state index contributed by atoms with van der Waals surface area (Å²) >= 11 is 5.67. The lowest BCUT2D eigenvalue weighted by molar-refractivity contribution is -0.122. The Morgan fingerprint density at radius 1 is 1.44 bits per heavy atom. The highest BCUT2D eigenvalue weighted by Crippen LogP contribution is 2.39. The van der Waals surface area contributed by atoms with E-state index >= 15 is 0 Å². The van der Waals surface area contributed by atoms with E-state index in [0.717, 1.165) is 23.1 Å². The number of hydrogen-bond acceptors (Lipinski definition) is 4. The highest BCUT2D eigenvalue weighted by atomic mass is 35.5. The third-order valence-corrected chi connectivity index (χ3v) is 4.93. The zero-order valence-electron chi connectivity index (χ0n) is 14.5. The molecule has 0 radical (unpaired) electrons. The van der Waals surface area contributed by atoms with Gasteiger partial charge in [0.15, 0.2) is 0 Å². The molecule has 2 aromatic heterocycles. The van der Waals surface area contributed by atoms with Crippen molar-refractivity contribution in [1.82, 2.24) is 24.5 Å². The lowest BCUT2D eigenvalue weighted by Crippen LogP contribution is -2.34. The van der Waals surface area contributed by atoms with Crippen molar-refractivity contribution in [2.45, 2.75) is 38.3 Å². The first kappa shape index (κ1) is 17.7. The fourth-order valence-corrected chi connectivity index (χ4v) is 3.06. The van der Waals surface area contributed by atoms with E-state index in [0.29, 0.717) is 11.5 Å². The molecule has 3 aromatic rings. The van der Waals surface area contributed by atoms with E-state index in [9.17, 15) is 14.0 Å². The fourth-order valence-electron chi connectivity index (χ4n) is 2.94. The summed E-state index contributed by atoms with van der Waals surface area (Å²) in [4.78, 5) is 29.0. The molecule has 2 heterocycles. The van der Waals surface area contributed by atoms with Gasteiger partial charge in [0.2, 0.25) is 5.91 Å². The van der Waals surface area contributed by atoms with Gasteiger partial charge in [-0.2, -0.15) is 0 Å². The molecule has 1 N–H and O–H groups in total. The predicted molar refractivity (Wildman–Crippen MR) is 97.2 cm³/mol. The number of hydrogen-bond donors (Lipinski definition) is 1. The highest BCUT2D eigenvalue weighted by Gasteiger charge is 2.25. The highest BCUT2D eigenvalue weighted by molar-refractivity contribution is 6.30. The van der Waals surface area contributed by atoms with Crippen molar-refractivity contribution in [3.8, 4) is 0 Å². The number of aromatic nitrogens is 4. The van der Waals surface area contributed by atoms with Gasteiger partial charge in [-0.05, 0) is 48.9 Å². The number of benzene rings is 1. The summed E-state index contributed by atoms with van der Waals surface area (Å²) in [6.45, 7) is 1.47. The SMILES string of the molecule is C[C@H](NC(=O)Cn1nc2ncc(C3CC3)cn2c1=O)c1ccc(Cl)c(F)c1. The molecule has 1 fully saturated rings. The van der Waals surface area contributed by atoms with Gasteiger partial charge in [-0.15, -0.1) is 5.10 Å². The first-order valence-corrected chi connectivity index (χ1v) is 8.99. The zero-order chi connectivity index (χ0) is 19.1. The lowest BCUT2D eigenvalue weighted by atomic mass is 10.1. The van der Waals surface area contributed by atoms with Crippen molar-refractivity contribution in [2.75, 3.05) is 0 Å². The second-order valence-electron chi connectivity index (χ2n) is 6.73. The van der Waals surface area contributed by atoms with E-state index in [1.165, 1.54) is 16.5 Å². The summed E-state index contributed by atoms with van der Waals surface area (Å²) in [5, 5.41) is 6.84. The largest absolute Gasteiger partial charge is 0.352 e. The minimum absolute atomic E-state index is 0.0200. The average molecular weight is 390 g/mol. The molecule has 0 bridgehead atoms. The van der Waals surface area contributed by atoms with Gasteiger partial charge >= 0.3 is 5.69 Å². The minimum Gasteiger partial charge on any atom is -0.348 e. The Morgan fingerprint density at radius 3 is 2.93 bits per heavy atom. The molecule has 1 saturated carbocycles. The monoisotopic (exact) mass is 389 g/mol. The normalized spacial score (nSPS) is 15.1. The van der Waals surface area contributed by atoms with Crippen molar-refractivity contribution in [1.29, 1.82) is 0 Å². The lowest BCUT2D eigenvalue weighted by Gasteiger charge is -2.14. The Hall–Kier alpha value is -2.74. The number of halogens is 2. The molecule has 0 aliphatic heterocycles. The molecule has 0 saturated heterocycles. The van der Waals surface area contributed by atoms with Gasteiger partial charge in [0.25, 0.3) is 5.78 Å². The molecule has 9 heteroatoms. The van der Waals surface area contributed by atoms with Crippen LogP contribution in [0.25, 0.3) is 5.78 Å². The first-order valence-electron chi connectivity index (χ1n) is 8.62. The second-order valence-corrected chi connectivity index (χ2v) is 7.14. The van der Waals surface area contributed by atoms with E-state index in [-0.39, 0.29) is 17.3 Å². The van der Waals surface area contributed by atoms with Crippen LogP contribution in [0.4, 0.5) is 4.39 Å². The quantitative estimate of drug-likeness (QED) is 0.726. The standard InChI is InChI=1S/C18H17ClFN5O2/c1-10(12-4-5-14(19)15(20)6-12)22-16(26)9-25-18(27)24-8-13(11-2-3-11)7-21-17(24)23-25/h4-8,10-11H,2-3,9H2,1H3,(H,22,26)/t10-/m0/s1. The van der Waals surface area contributed by atoms with Crippen molar-refractivity contribution < 1.29 is 9.18 Å². The van der Waals surface area contributed by atoms with Gasteiger partial charge in [0, 0.05) is 12.4 Å². The predicted octanol–water partition coefficient (Wildman–Crippen LogP) is 2.44. The van der Waals surface area contributed by atoms with Crippen LogP contribution in [0.2, 0.25) is 5.02 Å². The summed E-state index contributed by atoms with van der Waals surface area (Å²) in [7, 11) is 0. The summed E-state index contributed by atoms with van der Waals surface area (Å²) < 4.78 is 16.0. The van der Waals surface area contributed by atoms with Crippen LogP contribution < -0.4 is 11.0 Å². The maximum atomic E-state index is 13.6. The van der Waals surface area contributed by atoms with Crippen LogP contribution in [-0.4, -0.2) is 25.1 Å². The maximum Gasteiger partial charge on any atom is 0.352 e. The third kappa shape index (κ3) is 3.57. The molecular formula is C18H17ClFN5O2. The molecular weight excluding hydrogens is 373 g/mol. The first-order chi connectivity index (χ1) is 12.9. The van der Waals surface area contributed by atoms with Gasteiger partial charge in [0.05, 0.1) is 11.1 Å². The summed E-state index contributed by atoms with van der Waals surface area (Å²) in [5.41, 5.74) is 1.16. The van der Waals surface area contributed by atoms with Gasteiger partial charge in [-0.3, -0.25) is 4.79 Å². The van der Waals surface area contributed by atoms with Gasteiger partial charge < -0.3 is 5.32 Å². The van der Waals surface area contributed by atoms with Crippen LogP contribution in [0, 0.1) is 5.82 Å². The van der Waals surface area contributed by atoms with Gasteiger partial charge in [-0.25, -0.2) is 23.3 Å². The number of fused-ring (bicyclic) bond motifs is 1. The molecule has 1 atom stereocenters. The van der Waals surface area contributed by atoms with E-state index in [1.807, 2.05) is 0 Å². The van der Waals surface area contributed by atoms with Crippen molar-refractivity contribution in [3.63, 3.8) is 0 Å². The van der Waals surface area contributed by atoms with E-state index in [4.69, 9.17) is 11.6 Å². The molecule has 1 aliphatic rings. The van der Waals surface area contributed by atoms with Crippen molar-refractivity contribution >= 4 is 23.3 Å². The minimum atomic E-state index is -0.552. The third-order valence-electron chi connectivity index (χ3n) is 4.62. The van der Waals surface area contributed by atoms with Crippen LogP contribution >= 0.6 is 11.6 Å². The molecule has 1 amide bonds. The van der Waals surface area contributed by atoms with Crippen LogP contribution in [0.1, 0.15) is 42.9 Å². The van der Waals surface area contributed by atoms with E-state index < -0.39 is 23.5 Å². The Kier molecular flexibility index (Phi) is 4.43. The van der Waals surface area contributed by atoms with Crippen molar-refractivity contribution in [3.05, 3.63) is 63.0 Å². The molecule has 0 unspecified atom stereocenters. The zero-order valence-corrected chi connectivity index (χ0v) is 15.3. The number of amides is 1. The van der Waals surface area contributed by atoms with E-state index in [1.54, 1.807) is 25.4 Å². The second kappa shape index (κ2) is 6.77. The van der Waals surface area contributed by atoms with Crippen LogP contribution in [0.5, 0.6) is 0 Å². The van der Waals surface area contributed by atoms with Crippen LogP contribution in [-0.2, 0) is 11.3 Å². The number of nitrogens with zero attached hydrogens (tertiary/aromatic N) is 4. The topological polar surface area (TPSA) is 81.3 Å². The molecule has 0 spiro atoms. The fraction of sp³-hybridized carbons (Fsp3) is 0.333. The van der Waals surface area contributed by atoms with Gasteiger partial charge in [0.1, 0.15) is 12.4 Å². The number of carbonyl (C=O) groups is 1. The number of rotatable bonds is 5. The molecule has 7 nitrogen and oxygen atoms in total. The smallest absolute Gasteiger partial charge is 0.348 e. The Balaban J connectivity index is 1.49. The Bertz CT molecular complexity index is 1090. The van der Waals surface area contributed by atoms with Crippen molar-refractivity contribution in [2.24, 2.45) is 0 Å². The number of carbonyl (C=O) groups excluding carboxylic acids is 1. The van der Waals surface area contributed by atoms with Crippen LogP contribution in [0.3, 0.4) is 0 Å². The maximum absolute atomic E-state index is 13.6. The van der Waals surface area contributed by atoms with Crippen LogP contribution in [0.15, 0.2) is 35.4 Å². The molecule has 27 heavy (non-hydrogen) atoms. The molecule has 1 aliphatic carbocycles. The van der Waals surface area contributed by atoms with Gasteiger partial charge in [-0.1, -0.05) is 17.7 Å². The van der Waals surface area contributed by atoms with E-state index in [2.05, 4.69) is 15.4 Å². The molecule has 140 valence electrons. The molecule has 4 rings (SSSR count). The summed E-state index contributed by atoms with van der Waals surface area (Å²) in [6.07, 6.45) is 5.66. The Morgan fingerprint density at radius 2 is 2.22 bits per heavy atom. The summed E-state index contributed by atoms with van der Waals surface area (Å²) in [5.74, 6) is -0.249. The number of nitrogens with one attached hydrogen (secondary N) is 1. The summed E-state index contributed by atoms with van der Waals surface area (Å²) in [6, 6.07) is 3.89. The Labute approximate surface area is 158 Å². The average Bonchev–Trinajstić information content (AvgIpc) is 3.44.